The molecule has 7 heteroatoms. The number of aromatic nitrogens is 2. The second-order valence-electron chi connectivity index (χ2n) is 4.29. The van der Waals surface area contributed by atoms with Gasteiger partial charge in [0.05, 0.1) is 11.8 Å². The monoisotopic (exact) mass is 323 g/mol. The summed E-state index contributed by atoms with van der Waals surface area (Å²) in [6, 6.07) is 7.45. The molecule has 5 nitrogen and oxygen atoms in total. The number of nitrogens with one attached hydrogen (secondary N) is 1. The van der Waals surface area contributed by atoms with E-state index in [-0.39, 0.29) is 0 Å². The Bertz CT molecular complexity index is 640. The van der Waals surface area contributed by atoms with Crippen LogP contribution in [-0.2, 0) is 11.8 Å². The first kappa shape index (κ1) is 15.6. The van der Waals surface area contributed by atoms with Crippen LogP contribution < -0.4 is 5.32 Å². The Morgan fingerprint density at radius 2 is 2.05 bits per heavy atom. The van der Waals surface area contributed by atoms with Gasteiger partial charge in [0.1, 0.15) is 0 Å². The number of benzene rings is 1. The molecule has 2 aromatic rings. The minimum absolute atomic E-state index is 0.292. The zero-order chi connectivity index (χ0) is 15.2. The van der Waals surface area contributed by atoms with E-state index >= 15 is 0 Å². The summed E-state index contributed by atoms with van der Waals surface area (Å²) in [5.41, 5.74) is 0.292. The zero-order valence-electron chi connectivity index (χ0n) is 11.4. The molecular weight excluding hydrogens is 310 g/mol. The maximum absolute atomic E-state index is 11.8. The average molecular weight is 324 g/mol. The molecule has 1 amide bonds. The summed E-state index contributed by atoms with van der Waals surface area (Å²) in [5, 5.41) is 7.15. The SMILES string of the molecule is Cn1cc(C(=O)C(=O)NCCSc2ccc(Cl)cc2)cn1. The van der Waals surface area contributed by atoms with E-state index in [2.05, 4.69) is 10.4 Å². The van der Waals surface area contributed by atoms with Gasteiger partial charge >= 0.3 is 0 Å². The number of Topliss-reactive ketones (excluding diaryl/α,β-unsaturated/α-hetero) is 1. The summed E-state index contributed by atoms with van der Waals surface area (Å²) < 4.78 is 1.48. The van der Waals surface area contributed by atoms with Gasteiger partial charge in [0.2, 0.25) is 0 Å². The molecule has 0 fully saturated rings. The van der Waals surface area contributed by atoms with Crippen molar-refractivity contribution in [3.63, 3.8) is 0 Å². The lowest BCUT2D eigenvalue weighted by atomic mass is 10.2. The Hall–Kier alpha value is -1.79. The Balaban J connectivity index is 1.74. The molecule has 0 saturated heterocycles. The lowest BCUT2D eigenvalue weighted by molar-refractivity contribution is -0.116. The number of amides is 1. The Labute approximate surface area is 131 Å². The van der Waals surface area contributed by atoms with E-state index < -0.39 is 11.7 Å². The van der Waals surface area contributed by atoms with Crippen LogP contribution >= 0.6 is 23.4 Å². The highest BCUT2D eigenvalue weighted by Gasteiger charge is 2.16. The minimum atomic E-state index is -0.611. The second kappa shape index (κ2) is 7.28. The maximum atomic E-state index is 11.8. The van der Waals surface area contributed by atoms with Crippen LogP contribution in [0.5, 0.6) is 0 Å². The highest BCUT2D eigenvalue weighted by Crippen LogP contribution is 2.19. The maximum Gasteiger partial charge on any atom is 0.292 e. The number of aryl methyl sites for hydroxylation is 1. The number of carbonyl (C=O) groups excluding carboxylic acids is 2. The molecule has 0 spiro atoms. The molecule has 1 aromatic heterocycles. The molecule has 110 valence electrons. The van der Waals surface area contributed by atoms with E-state index in [4.69, 9.17) is 11.6 Å². The largest absolute Gasteiger partial charge is 0.348 e. The van der Waals surface area contributed by atoms with Crippen molar-refractivity contribution in [2.75, 3.05) is 12.3 Å². The number of hydrogen-bond donors (Lipinski definition) is 1. The average Bonchev–Trinajstić information content (AvgIpc) is 2.91. The van der Waals surface area contributed by atoms with Crippen LogP contribution in [0.15, 0.2) is 41.6 Å². The predicted molar refractivity (Wildman–Crippen MR) is 82.7 cm³/mol. The van der Waals surface area contributed by atoms with Crippen molar-refractivity contribution in [3.05, 3.63) is 47.2 Å². The van der Waals surface area contributed by atoms with Gasteiger partial charge in [-0.15, -0.1) is 11.8 Å². The number of carbonyl (C=O) groups is 2. The van der Waals surface area contributed by atoms with Gasteiger partial charge in [-0.25, -0.2) is 0 Å². The topological polar surface area (TPSA) is 64.0 Å². The molecule has 2 rings (SSSR count). The molecule has 0 unspecified atom stereocenters. The molecule has 21 heavy (non-hydrogen) atoms. The minimum Gasteiger partial charge on any atom is -0.348 e. The highest BCUT2D eigenvalue weighted by molar-refractivity contribution is 7.99. The van der Waals surface area contributed by atoms with Crippen LogP contribution in [0.3, 0.4) is 0 Å². The van der Waals surface area contributed by atoms with E-state index in [1.807, 2.05) is 24.3 Å². The number of halogens is 1. The molecular formula is C14H14ClN3O2S. The summed E-state index contributed by atoms with van der Waals surface area (Å²) >= 11 is 7.38. The number of ketones is 1. The van der Waals surface area contributed by atoms with Gasteiger partial charge in [-0.1, -0.05) is 11.6 Å². The fourth-order valence-corrected chi connectivity index (χ4v) is 2.51. The molecule has 0 saturated carbocycles. The molecule has 0 bridgehead atoms. The molecule has 1 aromatic carbocycles. The van der Waals surface area contributed by atoms with Crippen molar-refractivity contribution in [1.29, 1.82) is 0 Å². The van der Waals surface area contributed by atoms with Gasteiger partial charge < -0.3 is 5.32 Å². The van der Waals surface area contributed by atoms with Crippen molar-refractivity contribution in [1.82, 2.24) is 15.1 Å². The van der Waals surface area contributed by atoms with Crippen LogP contribution in [0.25, 0.3) is 0 Å². The summed E-state index contributed by atoms with van der Waals surface area (Å²) in [6.07, 6.45) is 2.90. The number of hydrogen-bond acceptors (Lipinski definition) is 4. The quantitative estimate of drug-likeness (QED) is 0.383. The van der Waals surface area contributed by atoms with Crippen molar-refractivity contribution in [2.45, 2.75) is 4.90 Å². The lowest BCUT2D eigenvalue weighted by Crippen LogP contribution is -2.32. The number of nitrogens with zero attached hydrogens (tertiary/aromatic N) is 2. The van der Waals surface area contributed by atoms with Gasteiger partial charge in [0.15, 0.2) is 0 Å². The van der Waals surface area contributed by atoms with Crippen LogP contribution in [0, 0.1) is 0 Å². The first-order valence-corrected chi connectivity index (χ1v) is 7.62. The highest BCUT2D eigenvalue weighted by atomic mass is 35.5. The van der Waals surface area contributed by atoms with Crippen LogP contribution in [-0.4, -0.2) is 33.8 Å². The van der Waals surface area contributed by atoms with E-state index in [1.54, 1.807) is 18.8 Å². The summed E-state index contributed by atoms with van der Waals surface area (Å²) in [6.45, 7) is 0.415. The second-order valence-corrected chi connectivity index (χ2v) is 5.89. The molecule has 0 radical (unpaired) electrons. The first-order chi connectivity index (χ1) is 10.1. The molecule has 1 heterocycles. The standard InChI is InChI=1S/C14H14ClN3O2S/c1-18-9-10(8-17-18)13(19)14(20)16-6-7-21-12-4-2-11(15)3-5-12/h2-5,8-9H,6-7H2,1H3,(H,16,20). The van der Waals surface area contributed by atoms with Gasteiger partial charge in [0.25, 0.3) is 11.7 Å². The third-order valence-corrected chi connectivity index (χ3v) is 3.91. The van der Waals surface area contributed by atoms with E-state index in [0.717, 1.165) is 4.90 Å². The molecule has 0 aliphatic heterocycles. The van der Waals surface area contributed by atoms with Crippen LogP contribution in [0.1, 0.15) is 10.4 Å². The summed E-state index contributed by atoms with van der Waals surface area (Å²) in [5.74, 6) is -0.507. The smallest absolute Gasteiger partial charge is 0.292 e. The van der Waals surface area contributed by atoms with Gasteiger partial charge in [0, 0.05) is 35.5 Å². The van der Waals surface area contributed by atoms with Crippen LogP contribution in [0.2, 0.25) is 5.02 Å². The van der Waals surface area contributed by atoms with E-state index in [0.29, 0.717) is 22.9 Å². The van der Waals surface area contributed by atoms with Crippen molar-refractivity contribution >= 4 is 35.1 Å². The Morgan fingerprint density at radius 3 is 2.67 bits per heavy atom. The third-order valence-electron chi connectivity index (χ3n) is 2.64. The third kappa shape index (κ3) is 4.61. The van der Waals surface area contributed by atoms with Gasteiger partial charge in [-0.05, 0) is 24.3 Å². The van der Waals surface area contributed by atoms with Crippen LogP contribution in [0.4, 0.5) is 0 Å². The van der Waals surface area contributed by atoms with E-state index in [1.165, 1.54) is 17.1 Å². The molecule has 1 N–H and O–H groups in total. The van der Waals surface area contributed by atoms with Crippen molar-refractivity contribution < 1.29 is 9.59 Å². The number of rotatable bonds is 6. The van der Waals surface area contributed by atoms with Crippen molar-refractivity contribution in [2.24, 2.45) is 7.05 Å². The normalized spacial score (nSPS) is 10.4. The van der Waals surface area contributed by atoms with Crippen molar-refractivity contribution in [3.8, 4) is 0 Å². The lowest BCUT2D eigenvalue weighted by Gasteiger charge is -2.04. The molecule has 0 atom stereocenters. The van der Waals surface area contributed by atoms with Gasteiger partial charge in [-0.3, -0.25) is 14.3 Å². The zero-order valence-corrected chi connectivity index (χ0v) is 12.9. The molecule has 0 aliphatic carbocycles. The van der Waals surface area contributed by atoms with E-state index in [9.17, 15) is 9.59 Å². The van der Waals surface area contributed by atoms with Gasteiger partial charge in [-0.2, -0.15) is 5.10 Å². The fourth-order valence-electron chi connectivity index (χ4n) is 1.61. The Kier molecular flexibility index (Phi) is 5.41. The predicted octanol–water partition coefficient (Wildman–Crippen LogP) is 2.16. The molecule has 0 aliphatic rings. The first-order valence-electron chi connectivity index (χ1n) is 6.26. The Morgan fingerprint density at radius 1 is 1.33 bits per heavy atom. The summed E-state index contributed by atoms with van der Waals surface area (Å²) in [4.78, 5) is 24.5. The number of thioether (sulfide) groups is 1. The summed E-state index contributed by atoms with van der Waals surface area (Å²) in [7, 11) is 1.69. The fraction of sp³-hybridized carbons (Fsp3) is 0.214.